The van der Waals surface area contributed by atoms with Gasteiger partial charge in [-0.15, -0.1) is 0 Å². The molecule has 0 aliphatic rings. The lowest BCUT2D eigenvalue weighted by Crippen LogP contribution is -2.11. The molecule has 0 bridgehead atoms. The summed E-state index contributed by atoms with van der Waals surface area (Å²) in [5.41, 5.74) is 0.150. The van der Waals surface area contributed by atoms with Gasteiger partial charge in [-0.1, -0.05) is 0 Å². The zero-order valence-corrected chi connectivity index (χ0v) is 5.02. The smallest absolute Gasteiger partial charge is 0.368 e. The van der Waals surface area contributed by atoms with Crippen LogP contribution in [0, 0.1) is 0 Å². The van der Waals surface area contributed by atoms with Crippen LogP contribution >= 0.6 is 0 Å². The molecule has 0 atom stereocenters. The molecule has 1 aromatic rings. The monoisotopic (exact) mass is 139 g/mol. The number of carbonyl (C=O) groups is 1. The zero-order valence-electron chi connectivity index (χ0n) is 5.02. The minimum Gasteiger partial charge on any atom is -0.368 e. The lowest BCUT2D eigenvalue weighted by Gasteiger charge is -1.92. The molecular weight excluding hydrogens is 134 g/mol. The van der Waals surface area contributed by atoms with Crippen molar-refractivity contribution in [2.24, 2.45) is 5.90 Å². The third kappa shape index (κ3) is 1.26. The van der Waals surface area contributed by atoms with Crippen molar-refractivity contribution in [3.63, 3.8) is 0 Å². The first-order chi connectivity index (χ1) is 4.84. The Labute approximate surface area is 56.8 Å². The van der Waals surface area contributed by atoms with Gasteiger partial charge in [0.05, 0.1) is 0 Å². The van der Waals surface area contributed by atoms with E-state index in [9.17, 15) is 4.79 Å². The molecule has 0 fully saturated rings. The van der Waals surface area contributed by atoms with E-state index in [1.54, 1.807) is 0 Å². The summed E-state index contributed by atoms with van der Waals surface area (Å²) in [5, 5.41) is 0. The fourth-order valence-corrected chi connectivity index (χ4v) is 0.472. The fraction of sp³-hybridized carbons (Fsp3) is 0. The van der Waals surface area contributed by atoms with Crippen molar-refractivity contribution in [2.45, 2.75) is 0 Å². The summed E-state index contributed by atoms with van der Waals surface area (Å²) in [5.74, 6) is 3.93. The number of carbonyl (C=O) groups excluding carboxylic acids is 1. The summed E-state index contributed by atoms with van der Waals surface area (Å²) in [6.45, 7) is 0. The van der Waals surface area contributed by atoms with E-state index >= 15 is 0 Å². The predicted molar refractivity (Wildman–Crippen MR) is 31.6 cm³/mol. The molecule has 0 aromatic carbocycles. The molecule has 0 aliphatic heterocycles. The van der Waals surface area contributed by atoms with E-state index in [2.05, 4.69) is 20.7 Å². The molecule has 0 spiro atoms. The molecular formula is C5H5N3O2. The van der Waals surface area contributed by atoms with E-state index in [0.717, 1.165) is 0 Å². The van der Waals surface area contributed by atoms with Gasteiger partial charge in [-0.05, 0) is 6.07 Å². The highest BCUT2D eigenvalue weighted by atomic mass is 16.7. The SMILES string of the molecule is NOC(=O)c1ccncn1. The lowest BCUT2D eigenvalue weighted by atomic mass is 10.4. The lowest BCUT2D eigenvalue weighted by molar-refractivity contribution is 0.0496. The third-order valence-electron chi connectivity index (χ3n) is 0.898. The van der Waals surface area contributed by atoms with Gasteiger partial charge < -0.3 is 4.84 Å². The maximum atomic E-state index is 10.6. The van der Waals surface area contributed by atoms with Crippen LogP contribution in [0.3, 0.4) is 0 Å². The Morgan fingerprint density at radius 3 is 3.00 bits per heavy atom. The van der Waals surface area contributed by atoms with Crippen molar-refractivity contribution in [3.05, 3.63) is 24.3 Å². The molecule has 0 aliphatic carbocycles. The molecule has 1 heterocycles. The van der Waals surface area contributed by atoms with E-state index in [0.29, 0.717) is 0 Å². The van der Waals surface area contributed by atoms with Crippen LogP contribution in [0.5, 0.6) is 0 Å². The second-order valence-corrected chi connectivity index (χ2v) is 1.50. The fourth-order valence-electron chi connectivity index (χ4n) is 0.472. The summed E-state index contributed by atoms with van der Waals surface area (Å²) in [6.07, 6.45) is 2.67. The highest BCUT2D eigenvalue weighted by molar-refractivity contribution is 5.86. The molecule has 0 saturated heterocycles. The summed E-state index contributed by atoms with van der Waals surface area (Å²) >= 11 is 0. The Balaban J connectivity index is 2.85. The van der Waals surface area contributed by atoms with Crippen molar-refractivity contribution in [2.75, 3.05) is 0 Å². The number of nitrogens with two attached hydrogens (primary N) is 1. The molecule has 5 nitrogen and oxygen atoms in total. The van der Waals surface area contributed by atoms with Crippen LogP contribution in [0.2, 0.25) is 0 Å². The number of hydrogen-bond acceptors (Lipinski definition) is 5. The van der Waals surface area contributed by atoms with Crippen molar-refractivity contribution in [3.8, 4) is 0 Å². The average Bonchev–Trinajstić information content (AvgIpc) is 2.05. The van der Waals surface area contributed by atoms with Gasteiger partial charge in [0, 0.05) is 6.20 Å². The maximum Gasteiger partial charge on any atom is 0.375 e. The van der Waals surface area contributed by atoms with E-state index in [-0.39, 0.29) is 5.69 Å². The molecule has 5 heteroatoms. The van der Waals surface area contributed by atoms with E-state index in [1.807, 2.05) is 0 Å². The van der Waals surface area contributed by atoms with Crippen molar-refractivity contribution in [1.29, 1.82) is 0 Å². The predicted octanol–water partition coefficient (Wildman–Crippen LogP) is -0.493. The molecule has 1 aromatic heterocycles. The number of aromatic nitrogens is 2. The van der Waals surface area contributed by atoms with Crippen LogP contribution in [-0.4, -0.2) is 15.9 Å². The average molecular weight is 139 g/mol. The van der Waals surface area contributed by atoms with E-state index in [4.69, 9.17) is 0 Å². The van der Waals surface area contributed by atoms with Crippen LogP contribution in [0.4, 0.5) is 0 Å². The minimum absolute atomic E-state index is 0.150. The van der Waals surface area contributed by atoms with Crippen molar-refractivity contribution < 1.29 is 9.63 Å². The molecule has 10 heavy (non-hydrogen) atoms. The molecule has 0 amide bonds. The van der Waals surface area contributed by atoms with Gasteiger partial charge in [-0.3, -0.25) is 0 Å². The molecule has 0 saturated carbocycles. The zero-order chi connectivity index (χ0) is 7.40. The second kappa shape index (κ2) is 2.88. The molecule has 1 rings (SSSR count). The van der Waals surface area contributed by atoms with Gasteiger partial charge in [0.2, 0.25) is 0 Å². The number of hydrogen-bond donors (Lipinski definition) is 1. The van der Waals surface area contributed by atoms with E-state index < -0.39 is 5.97 Å². The second-order valence-electron chi connectivity index (χ2n) is 1.50. The highest BCUT2D eigenvalue weighted by Gasteiger charge is 2.04. The summed E-state index contributed by atoms with van der Waals surface area (Å²) in [6, 6.07) is 1.41. The Morgan fingerprint density at radius 2 is 2.50 bits per heavy atom. The first kappa shape index (κ1) is 6.63. The van der Waals surface area contributed by atoms with Gasteiger partial charge in [0.1, 0.15) is 6.33 Å². The molecule has 2 N–H and O–H groups in total. The standard InChI is InChI=1S/C5H5N3O2/c6-10-5(9)4-1-2-7-3-8-4/h1-3H,6H2. The first-order valence-electron chi connectivity index (χ1n) is 2.51. The topological polar surface area (TPSA) is 78.1 Å². The van der Waals surface area contributed by atoms with E-state index in [1.165, 1.54) is 18.6 Å². The third-order valence-corrected chi connectivity index (χ3v) is 0.898. The quantitative estimate of drug-likeness (QED) is 0.531. The van der Waals surface area contributed by atoms with Crippen LogP contribution in [0.1, 0.15) is 10.5 Å². The summed E-state index contributed by atoms with van der Waals surface area (Å²) in [4.78, 5) is 21.7. The van der Waals surface area contributed by atoms with Gasteiger partial charge in [0.15, 0.2) is 5.69 Å². The Bertz CT molecular complexity index is 224. The number of nitrogens with zero attached hydrogens (tertiary/aromatic N) is 2. The van der Waals surface area contributed by atoms with Crippen LogP contribution < -0.4 is 5.90 Å². The highest BCUT2D eigenvalue weighted by Crippen LogP contribution is 1.90. The molecule has 0 radical (unpaired) electrons. The molecule has 52 valence electrons. The normalized spacial score (nSPS) is 8.90. The summed E-state index contributed by atoms with van der Waals surface area (Å²) in [7, 11) is 0. The van der Waals surface area contributed by atoms with Gasteiger partial charge in [0.25, 0.3) is 0 Å². The Morgan fingerprint density at radius 1 is 1.70 bits per heavy atom. The maximum absolute atomic E-state index is 10.6. The summed E-state index contributed by atoms with van der Waals surface area (Å²) < 4.78 is 0. The first-order valence-corrected chi connectivity index (χ1v) is 2.51. The van der Waals surface area contributed by atoms with Crippen molar-refractivity contribution >= 4 is 5.97 Å². The van der Waals surface area contributed by atoms with Crippen LogP contribution in [0.15, 0.2) is 18.6 Å². The Hall–Kier alpha value is -1.49. The molecule has 0 unspecified atom stereocenters. The number of rotatable bonds is 1. The minimum atomic E-state index is -0.664. The largest absolute Gasteiger partial charge is 0.375 e. The Kier molecular flexibility index (Phi) is 1.91. The van der Waals surface area contributed by atoms with Crippen LogP contribution in [0.25, 0.3) is 0 Å². The van der Waals surface area contributed by atoms with Crippen LogP contribution in [-0.2, 0) is 4.84 Å². The van der Waals surface area contributed by atoms with Crippen molar-refractivity contribution in [1.82, 2.24) is 9.97 Å². The van der Waals surface area contributed by atoms with Gasteiger partial charge in [-0.25, -0.2) is 14.8 Å². The van der Waals surface area contributed by atoms with Gasteiger partial charge in [-0.2, -0.15) is 5.90 Å². The van der Waals surface area contributed by atoms with Gasteiger partial charge >= 0.3 is 5.97 Å².